The van der Waals surface area contributed by atoms with E-state index in [1.807, 2.05) is 11.0 Å². The molecular formula is C17H22N4O3. The zero-order valence-electron chi connectivity index (χ0n) is 13.7. The largest absolute Gasteiger partial charge is 0.391 e. The van der Waals surface area contributed by atoms with Crippen LogP contribution >= 0.6 is 0 Å². The number of β-amino-alcohol motifs (C(OH)–C–C–N with tert-alkyl or cyclic N) is 1. The quantitative estimate of drug-likeness (QED) is 0.834. The Kier molecular flexibility index (Phi) is 5.10. The summed E-state index contributed by atoms with van der Waals surface area (Å²) in [6.07, 6.45) is 3.88. The molecule has 3 rings (SSSR count). The number of nitrogens with zero attached hydrogens (tertiary/aromatic N) is 3. The molecule has 0 bridgehead atoms. The van der Waals surface area contributed by atoms with Gasteiger partial charge in [-0.05, 0) is 25.0 Å². The number of aliphatic hydroxyl groups excluding tert-OH is 1. The summed E-state index contributed by atoms with van der Waals surface area (Å²) in [5.41, 5.74) is 1.40. The molecule has 1 fully saturated rings. The Morgan fingerprint density at radius 1 is 1.50 bits per heavy atom. The molecule has 0 aliphatic carbocycles. The normalized spacial score (nSPS) is 17.2. The SMILES string of the molecule is CCCc1cc(CNC(=O)c2ccc(N3CC[C@H](O)C3)nc2)on1. The number of carbonyl (C=O) groups excluding carboxylic acids is 1. The molecule has 2 aromatic heterocycles. The van der Waals surface area contributed by atoms with E-state index >= 15 is 0 Å². The van der Waals surface area contributed by atoms with Crippen molar-refractivity contribution in [1.29, 1.82) is 0 Å². The molecule has 3 heterocycles. The van der Waals surface area contributed by atoms with Crippen molar-refractivity contribution >= 4 is 11.7 Å². The minimum absolute atomic E-state index is 0.205. The minimum atomic E-state index is -0.297. The van der Waals surface area contributed by atoms with Crippen LogP contribution < -0.4 is 10.2 Å². The van der Waals surface area contributed by atoms with Crippen LogP contribution in [0.4, 0.5) is 5.82 Å². The number of aromatic nitrogens is 2. The number of pyridine rings is 1. The first-order chi connectivity index (χ1) is 11.7. The second-order valence-corrected chi connectivity index (χ2v) is 6.01. The molecular weight excluding hydrogens is 308 g/mol. The highest BCUT2D eigenvalue weighted by Crippen LogP contribution is 2.18. The average molecular weight is 330 g/mol. The lowest BCUT2D eigenvalue weighted by Crippen LogP contribution is -2.24. The second-order valence-electron chi connectivity index (χ2n) is 6.01. The molecule has 2 aromatic rings. The topological polar surface area (TPSA) is 91.5 Å². The lowest BCUT2D eigenvalue weighted by atomic mass is 10.2. The lowest BCUT2D eigenvalue weighted by molar-refractivity contribution is 0.0946. The van der Waals surface area contributed by atoms with Gasteiger partial charge in [0.05, 0.1) is 23.9 Å². The van der Waals surface area contributed by atoms with Crippen molar-refractivity contribution in [3.63, 3.8) is 0 Å². The van der Waals surface area contributed by atoms with Crippen molar-refractivity contribution in [3.8, 4) is 0 Å². The molecule has 7 heteroatoms. The van der Waals surface area contributed by atoms with Gasteiger partial charge in [0.15, 0.2) is 5.76 Å². The van der Waals surface area contributed by atoms with Gasteiger partial charge in [-0.1, -0.05) is 18.5 Å². The Balaban J connectivity index is 1.54. The molecule has 0 spiro atoms. The highest BCUT2D eigenvalue weighted by atomic mass is 16.5. The number of carbonyl (C=O) groups is 1. The van der Waals surface area contributed by atoms with Crippen LogP contribution in [0.2, 0.25) is 0 Å². The molecule has 0 unspecified atom stereocenters. The van der Waals surface area contributed by atoms with Crippen LogP contribution in [0.15, 0.2) is 28.9 Å². The van der Waals surface area contributed by atoms with E-state index in [1.165, 1.54) is 0 Å². The van der Waals surface area contributed by atoms with E-state index in [9.17, 15) is 9.90 Å². The predicted molar refractivity (Wildman–Crippen MR) is 88.7 cm³/mol. The van der Waals surface area contributed by atoms with Gasteiger partial charge in [-0.25, -0.2) is 4.98 Å². The summed E-state index contributed by atoms with van der Waals surface area (Å²) in [6, 6.07) is 5.41. The summed E-state index contributed by atoms with van der Waals surface area (Å²) >= 11 is 0. The fraction of sp³-hybridized carbons (Fsp3) is 0.471. The average Bonchev–Trinajstić information content (AvgIpc) is 3.22. The van der Waals surface area contributed by atoms with Crippen molar-refractivity contribution in [3.05, 3.63) is 41.4 Å². The maximum absolute atomic E-state index is 12.2. The Hall–Kier alpha value is -2.41. The van der Waals surface area contributed by atoms with Crippen molar-refractivity contribution in [2.24, 2.45) is 0 Å². The number of aliphatic hydroxyl groups is 1. The first-order valence-electron chi connectivity index (χ1n) is 8.27. The predicted octanol–water partition coefficient (Wildman–Crippen LogP) is 1.52. The minimum Gasteiger partial charge on any atom is -0.391 e. The van der Waals surface area contributed by atoms with Gasteiger partial charge >= 0.3 is 0 Å². The fourth-order valence-electron chi connectivity index (χ4n) is 2.74. The van der Waals surface area contributed by atoms with E-state index < -0.39 is 0 Å². The lowest BCUT2D eigenvalue weighted by Gasteiger charge is -2.16. The van der Waals surface area contributed by atoms with Crippen molar-refractivity contribution in [2.45, 2.75) is 38.8 Å². The molecule has 24 heavy (non-hydrogen) atoms. The number of aryl methyl sites for hydroxylation is 1. The highest BCUT2D eigenvalue weighted by Gasteiger charge is 2.21. The molecule has 7 nitrogen and oxygen atoms in total. The molecule has 1 aliphatic heterocycles. The smallest absolute Gasteiger partial charge is 0.253 e. The van der Waals surface area contributed by atoms with Gasteiger partial charge in [0.2, 0.25) is 0 Å². The van der Waals surface area contributed by atoms with Crippen LogP contribution in [0, 0.1) is 0 Å². The molecule has 1 atom stereocenters. The number of amides is 1. The van der Waals surface area contributed by atoms with Gasteiger partial charge in [0, 0.05) is 25.4 Å². The van der Waals surface area contributed by atoms with E-state index in [-0.39, 0.29) is 12.0 Å². The Bertz CT molecular complexity index is 683. The molecule has 1 amide bonds. The molecule has 0 saturated carbocycles. The summed E-state index contributed by atoms with van der Waals surface area (Å²) in [7, 11) is 0. The van der Waals surface area contributed by atoms with Crippen molar-refractivity contribution < 1.29 is 14.4 Å². The third kappa shape index (κ3) is 3.91. The van der Waals surface area contributed by atoms with E-state index in [2.05, 4.69) is 22.4 Å². The van der Waals surface area contributed by atoms with Gasteiger partial charge in [-0.2, -0.15) is 0 Å². The first kappa shape index (κ1) is 16.4. The third-order valence-electron chi connectivity index (χ3n) is 4.03. The van der Waals surface area contributed by atoms with Gasteiger partial charge in [0.1, 0.15) is 5.82 Å². The van der Waals surface area contributed by atoms with Crippen LogP contribution in [0.5, 0.6) is 0 Å². The number of nitrogens with one attached hydrogen (secondary N) is 1. The molecule has 2 N–H and O–H groups in total. The molecule has 1 aliphatic rings. The fourth-order valence-corrected chi connectivity index (χ4v) is 2.74. The van der Waals surface area contributed by atoms with E-state index in [4.69, 9.17) is 4.52 Å². The molecule has 1 saturated heterocycles. The van der Waals surface area contributed by atoms with Crippen molar-refractivity contribution in [2.75, 3.05) is 18.0 Å². The van der Waals surface area contributed by atoms with Gasteiger partial charge in [-0.15, -0.1) is 0 Å². The first-order valence-corrected chi connectivity index (χ1v) is 8.27. The maximum Gasteiger partial charge on any atom is 0.253 e. The van der Waals surface area contributed by atoms with Gasteiger partial charge in [-0.3, -0.25) is 4.79 Å². The number of anilines is 1. The monoisotopic (exact) mass is 330 g/mol. The van der Waals surface area contributed by atoms with E-state index in [0.717, 1.165) is 37.3 Å². The second kappa shape index (κ2) is 7.44. The molecule has 0 aromatic carbocycles. The Labute approximate surface area is 140 Å². The van der Waals surface area contributed by atoms with Gasteiger partial charge < -0.3 is 19.8 Å². The van der Waals surface area contributed by atoms with Crippen LogP contribution in [0.3, 0.4) is 0 Å². The van der Waals surface area contributed by atoms with E-state index in [0.29, 0.717) is 24.4 Å². The molecule has 128 valence electrons. The summed E-state index contributed by atoms with van der Waals surface area (Å²) < 4.78 is 5.19. The highest BCUT2D eigenvalue weighted by molar-refractivity contribution is 5.93. The number of rotatable bonds is 6. The zero-order chi connectivity index (χ0) is 16.9. The summed E-state index contributed by atoms with van der Waals surface area (Å²) in [5.74, 6) is 1.22. The van der Waals surface area contributed by atoms with Gasteiger partial charge in [0.25, 0.3) is 5.91 Å². The molecule has 0 radical (unpaired) electrons. The van der Waals surface area contributed by atoms with Crippen LogP contribution in [0.25, 0.3) is 0 Å². The summed E-state index contributed by atoms with van der Waals surface area (Å²) in [5, 5.41) is 16.3. The van der Waals surface area contributed by atoms with E-state index in [1.54, 1.807) is 18.3 Å². The Morgan fingerprint density at radius 2 is 2.38 bits per heavy atom. The third-order valence-corrected chi connectivity index (χ3v) is 4.03. The number of hydrogen-bond acceptors (Lipinski definition) is 6. The standard InChI is InChI=1S/C17H22N4O3/c1-2-3-13-8-15(24-20-13)10-19-17(23)12-4-5-16(18-9-12)21-7-6-14(22)11-21/h4-5,8-9,14,22H,2-3,6-7,10-11H2,1H3,(H,19,23)/t14-/m0/s1. The Morgan fingerprint density at radius 3 is 3.04 bits per heavy atom. The zero-order valence-corrected chi connectivity index (χ0v) is 13.7. The summed E-state index contributed by atoms with van der Waals surface area (Å²) in [6.45, 7) is 3.75. The van der Waals surface area contributed by atoms with Crippen molar-refractivity contribution in [1.82, 2.24) is 15.5 Å². The maximum atomic E-state index is 12.2. The number of hydrogen-bond donors (Lipinski definition) is 2. The van der Waals surface area contributed by atoms with Crippen LogP contribution in [-0.4, -0.2) is 40.3 Å². The summed E-state index contributed by atoms with van der Waals surface area (Å²) in [4.78, 5) is 18.5. The van der Waals surface area contributed by atoms with Crippen LogP contribution in [0.1, 0.15) is 41.6 Å². The van der Waals surface area contributed by atoms with Crippen LogP contribution in [-0.2, 0) is 13.0 Å².